The summed E-state index contributed by atoms with van der Waals surface area (Å²) in [6, 6.07) is 11.1. The second-order valence-electron chi connectivity index (χ2n) is 4.31. The molecule has 2 rings (SSSR count). The van der Waals surface area contributed by atoms with Crippen molar-refractivity contribution in [3.63, 3.8) is 0 Å². The maximum absolute atomic E-state index is 10.5. The lowest BCUT2D eigenvalue weighted by Gasteiger charge is -2.24. The maximum Gasteiger partial charge on any atom is 0.0908 e. The van der Waals surface area contributed by atoms with Crippen molar-refractivity contribution in [1.29, 1.82) is 0 Å². The molecule has 17 heavy (non-hydrogen) atoms. The van der Waals surface area contributed by atoms with Crippen LogP contribution in [0, 0.1) is 0 Å². The highest BCUT2D eigenvalue weighted by molar-refractivity contribution is 6.30. The molecule has 3 heteroatoms. The molecule has 1 unspecified atom stereocenters. The molecule has 1 N–H and O–H groups in total. The van der Waals surface area contributed by atoms with Gasteiger partial charge in [-0.05, 0) is 42.3 Å². The lowest BCUT2D eigenvalue weighted by Crippen LogP contribution is -2.24. The topological polar surface area (TPSA) is 33.1 Å². The molecule has 1 aromatic carbocycles. The Bertz CT molecular complexity index is 479. The fourth-order valence-corrected chi connectivity index (χ4v) is 1.94. The van der Waals surface area contributed by atoms with Gasteiger partial charge in [0, 0.05) is 23.8 Å². The van der Waals surface area contributed by atoms with Gasteiger partial charge < -0.3 is 5.11 Å². The number of nitrogens with zero attached hydrogens (tertiary/aromatic N) is 1. The number of benzene rings is 1. The molecule has 0 aliphatic carbocycles. The van der Waals surface area contributed by atoms with Crippen LogP contribution in [0.3, 0.4) is 0 Å². The van der Waals surface area contributed by atoms with E-state index in [0.717, 1.165) is 11.1 Å². The molecule has 0 spiro atoms. The smallest absolute Gasteiger partial charge is 0.0908 e. The van der Waals surface area contributed by atoms with Gasteiger partial charge in [0.15, 0.2) is 0 Å². The van der Waals surface area contributed by atoms with Gasteiger partial charge in [-0.15, -0.1) is 0 Å². The standard InChI is InChI=1S/C14H14ClNO/c1-14(17,10-11-6-8-16-9-7-11)12-2-4-13(15)5-3-12/h2-9,17H,10H2,1H3. The van der Waals surface area contributed by atoms with E-state index in [1.165, 1.54) is 0 Å². The molecular formula is C14H14ClNO. The first kappa shape index (κ1) is 12.1. The zero-order valence-corrected chi connectivity index (χ0v) is 10.4. The molecule has 1 heterocycles. The van der Waals surface area contributed by atoms with Crippen molar-refractivity contribution in [2.75, 3.05) is 0 Å². The molecule has 0 amide bonds. The fraction of sp³-hybridized carbons (Fsp3) is 0.214. The van der Waals surface area contributed by atoms with Gasteiger partial charge in [0.2, 0.25) is 0 Å². The number of rotatable bonds is 3. The van der Waals surface area contributed by atoms with Crippen LogP contribution in [-0.2, 0) is 12.0 Å². The van der Waals surface area contributed by atoms with Crippen LogP contribution in [0.1, 0.15) is 18.1 Å². The van der Waals surface area contributed by atoms with Crippen LogP contribution in [0.25, 0.3) is 0 Å². The molecule has 1 atom stereocenters. The van der Waals surface area contributed by atoms with E-state index in [2.05, 4.69) is 4.98 Å². The molecular weight excluding hydrogens is 234 g/mol. The van der Waals surface area contributed by atoms with Gasteiger partial charge in [-0.25, -0.2) is 0 Å². The molecule has 0 aliphatic rings. The van der Waals surface area contributed by atoms with E-state index in [4.69, 9.17) is 11.6 Å². The minimum Gasteiger partial charge on any atom is -0.385 e. The van der Waals surface area contributed by atoms with Gasteiger partial charge in [-0.3, -0.25) is 4.98 Å². The average molecular weight is 248 g/mol. The summed E-state index contributed by atoms with van der Waals surface area (Å²) in [5.41, 5.74) is 1.02. The Labute approximate surface area is 106 Å². The number of hydrogen-bond acceptors (Lipinski definition) is 2. The first-order chi connectivity index (χ1) is 8.08. The van der Waals surface area contributed by atoms with Gasteiger partial charge in [-0.2, -0.15) is 0 Å². The Balaban J connectivity index is 2.21. The average Bonchev–Trinajstić information content (AvgIpc) is 2.30. The third-order valence-corrected chi connectivity index (χ3v) is 3.02. The third kappa shape index (κ3) is 3.05. The Morgan fingerprint density at radius 3 is 2.29 bits per heavy atom. The summed E-state index contributed by atoms with van der Waals surface area (Å²) in [7, 11) is 0. The first-order valence-corrected chi connectivity index (χ1v) is 5.83. The SMILES string of the molecule is CC(O)(Cc1ccncc1)c1ccc(Cl)cc1. The quantitative estimate of drug-likeness (QED) is 0.904. The lowest BCUT2D eigenvalue weighted by atomic mass is 9.89. The Morgan fingerprint density at radius 1 is 1.12 bits per heavy atom. The van der Waals surface area contributed by atoms with Crippen LogP contribution in [0.5, 0.6) is 0 Å². The monoisotopic (exact) mass is 247 g/mol. The van der Waals surface area contributed by atoms with Crippen LogP contribution in [-0.4, -0.2) is 10.1 Å². The third-order valence-electron chi connectivity index (χ3n) is 2.76. The number of aromatic nitrogens is 1. The van der Waals surface area contributed by atoms with E-state index in [1.54, 1.807) is 31.5 Å². The number of halogens is 1. The van der Waals surface area contributed by atoms with E-state index < -0.39 is 5.60 Å². The van der Waals surface area contributed by atoms with E-state index in [9.17, 15) is 5.11 Å². The predicted molar refractivity (Wildman–Crippen MR) is 69.0 cm³/mol. The van der Waals surface area contributed by atoms with Crippen molar-refractivity contribution in [3.8, 4) is 0 Å². The summed E-state index contributed by atoms with van der Waals surface area (Å²) < 4.78 is 0. The van der Waals surface area contributed by atoms with Crippen molar-refractivity contribution in [2.45, 2.75) is 18.9 Å². The highest BCUT2D eigenvalue weighted by Gasteiger charge is 2.23. The number of aliphatic hydroxyl groups is 1. The van der Waals surface area contributed by atoms with Gasteiger partial charge in [0.05, 0.1) is 5.60 Å². The zero-order chi connectivity index (χ0) is 12.3. The lowest BCUT2D eigenvalue weighted by molar-refractivity contribution is 0.0576. The maximum atomic E-state index is 10.5. The van der Waals surface area contributed by atoms with Gasteiger partial charge in [0.1, 0.15) is 0 Å². The summed E-state index contributed by atoms with van der Waals surface area (Å²) in [6.45, 7) is 1.80. The van der Waals surface area contributed by atoms with Crippen LogP contribution in [0.4, 0.5) is 0 Å². The molecule has 2 aromatic rings. The number of hydrogen-bond donors (Lipinski definition) is 1. The predicted octanol–water partition coefficient (Wildman–Crippen LogP) is 3.19. The molecule has 0 fully saturated rings. The van der Waals surface area contributed by atoms with Crippen molar-refractivity contribution < 1.29 is 5.11 Å². The van der Waals surface area contributed by atoms with E-state index in [-0.39, 0.29) is 0 Å². The molecule has 0 saturated carbocycles. The van der Waals surface area contributed by atoms with E-state index in [0.29, 0.717) is 11.4 Å². The van der Waals surface area contributed by atoms with Gasteiger partial charge >= 0.3 is 0 Å². The largest absolute Gasteiger partial charge is 0.385 e. The van der Waals surface area contributed by atoms with Crippen molar-refractivity contribution in [1.82, 2.24) is 4.98 Å². The Kier molecular flexibility index (Phi) is 3.46. The van der Waals surface area contributed by atoms with Gasteiger partial charge in [-0.1, -0.05) is 23.7 Å². The summed E-state index contributed by atoms with van der Waals surface area (Å²) in [6.07, 6.45) is 4.01. The van der Waals surface area contributed by atoms with Crippen LogP contribution in [0.2, 0.25) is 5.02 Å². The summed E-state index contributed by atoms with van der Waals surface area (Å²) >= 11 is 5.83. The highest BCUT2D eigenvalue weighted by atomic mass is 35.5. The minimum absolute atomic E-state index is 0.553. The second kappa shape index (κ2) is 4.86. The normalized spacial score (nSPS) is 14.3. The summed E-state index contributed by atoms with van der Waals surface area (Å²) in [4.78, 5) is 3.96. The van der Waals surface area contributed by atoms with Crippen molar-refractivity contribution >= 4 is 11.6 Å². The van der Waals surface area contributed by atoms with Crippen molar-refractivity contribution in [2.24, 2.45) is 0 Å². The van der Waals surface area contributed by atoms with Crippen molar-refractivity contribution in [3.05, 3.63) is 64.9 Å². The molecule has 88 valence electrons. The van der Waals surface area contributed by atoms with E-state index >= 15 is 0 Å². The highest BCUT2D eigenvalue weighted by Crippen LogP contribution is 2.26. The molecule has 1 aromatic heterocycles. The molecule has 0 saturated heterocycles. The first-order valence-electron chi connectivity index (χ1n) is 5.45. The van der Waals surface area contributed by atoms with Crippen LogP contribution >= 0.6 is 11.6 Å². The molecule has 0 radical (unpaired) electrons. The summed E-state index contributed by atoms with van der Waals surface area (Å²) in [5.74, 6) is 0. The second-order valence-corrected chi connectivity index (χ2v) is 4.75. The Hall–Kier alpha value is -1.38. The zero-order valence-electron chi connectivity index (χ0n) is 9.60. The molecule has 0 bridgehead atoms. The van der Waals surface area contributed by atoms with E-state index in [1.807, 2.05) is 24.3 Å². The van der Waals surface area contributed by atoms with Crippen LogP contribution in [0.15, 0.2) is 48.8 Å². The van der Waals surface area contributed by atoms with Crippen LogP contribution < -0.4 is 0 Å². The molecule has 0 aliphatic heterocycles. The molecule has 2 nitrogen and oxygen atoms in total. The Morgan fingerprint density at radius 2 is 1.71 bits per heavy atom. The minimum atomic E-state index is -0.897. The summed E-state index contributed by atoms with van der Waals surface area (Å²) in [5, 5.41) is 11.1. The number of pyridine rings is 1. The van der Waals surface area contributed by atoms with Gasteiger partial charge in [0.25, 0.3) is 0 Å². The fourth-order valence-electron chi connectivity index (χ4n) is 1.81.